The Morgan fingerprint density at radius 2 is 2.18 bits per heavy atom. The lowest BCUT2D eigenvalue weighted by Crippen LogP contribution is -1.80. The molecule has 60 valence electrons. The van der Waals surface area contributed by atoms with Crippen LogP contribution in [-0.2, 0) is 4.74 Å². The molecule has 0 aromatic rings. The number of methoxy groups -OCH3 is 1. The van der Waals surface area contributed by atoms with Crippen LogP contribution in [0.2, 0.25) is 0 Å². The summed E-state index contributed by atoms with van der Waals surface area (Å²) in [5, 5.41) is 0. The zero-order valence-corrected chi connectivity index (χ0v) is 6.92. The molecule has 0 aliphatic rings. The number of hydrogen-bond donors (Lipinski definition) is 0. The molecule has 0 N–H and O–H groups in total. The molecule has 0 radical (unpaired) electrons. The summed E-state index contributed by atoms with van der Waals surface area (Å²) < 4.78 is 4.84. The molecule has 0 aliphatic carbocycles. The van der Waals surface area contributed by atoms with E-state index in [0.717, 1.165) is 5.57 Å². The fourth-order valence-electron chi connectivity index (χ4n) is 0.608. The predicted molar refractivity (Wildman–Crippen MR) is 49.5 cm³/mol. The Hall–Kier alpha value is -1.08. The first kappa shape index (κ1) is 9.92. The lowest BCUT2D eigenvalue weighted by Gasteiger charge is -1.90. The third-order valence-corrected chi connectivity index (χ3v) is 1.12. The topological polar surface area (TPSA) is 9.23 Å². The molecule has 0 aromatic carbocycles. The molecule has 1 heteroatoms. The van der Waals surface area contributed by atoms with Crippen LogP contribution in [0.4, 0.5) is 0 Å². The summed E-state index contributed by atoms with van der Waals surface area (Å²) in [7, 11) is 1.66. The Labute approximate surface area is 68.4 Å². The summed E-state index contributed by atoms with van der Waals surface area (Å²) >= 11 is 0. The van der Waals surface area contributed by atoms with E-state index in [-0.39, 0.29) is 0 Å². The smallest absolute Gasteiger partial charge is 0.0646 e. The van der Waals surface area contributed by atoms with Gasteiger partial charge in [-0.1, -0.05) is 43.5 Å². The zero-order valence-electron chi connectivity index (χ0n) is 6.92. The van der Waals surface area contributed by atoms with Crippen LogP contribution >= 0.6 is 0 Å². The van der Waals surface area contributed by atoms with Crippen LogP contribution in [0.3, 0.4) is 0 Å². The van der Waals surface area contributed by atoms with Crippen molar-refractivity contribution in [2.24, 2.45) is 0 Å². The van der Waals surface area contributed by atoms with Gasteiger partial charge in [0.1, 0.15) is 0 Å². The second-order valence-electron chi connectivity index (χ2n) is 1.96. The second kappa shape index (κ2) is 7.03. The lowest BCUT2D eigenvalue weighted by molar-refractivity contribution is 0.234. The Balaban J connectivity index is 3.96. The van der Waals surface area contributed by atoms with E-state index in [1.54, 1.807) is 19.3 Å². The monoisotopic (exact) mass is 150 g/mol. The highest BCUT2D eigenvalue weighted by Crippen LogP contribution is 1.97. The van der Waals surface area contributed by atoms with Crippen LogP contribution in [0.1, 0.15) is 0 Å². The normalized spacial score (nSPS) is 11.9. The molecule has 0 heterocycles. The zero-order chi connectivity index (χ0) is 8.53. The number of ether oxygens (including phenoxy) is 1. The molecule has 0 spiro atoms. The average Bonchev–Trinajstić information content (AvgIpc) is 2.03. The summed E-state index contributed by atoms with van der Waals surface area (Å²) in [5.41, 5.74) is 1.04. The van der Waals surface area contributed by atoms with Gasteiger partial charge in [-0.25, -0.2) is 0 Å². The molecular weight excluding hydrogens is 136 g/mol. The van der Waals surface area contributed by atoms with Crippen molar-refractivity contribution in [1.29, 1.82) is 0 Å². The van der Waals surface area contributed by atoms with Gasteiger partial charge < -0.3 is 4.74 Å². The van der Waals surface area contributed by atoms with E-state index < -0.39 is 0 Å². The van der Waals surface area contributed by atoms with Crippen molar-refractivity contribution in [2.75, 3.05) is 13.7 Å². The van der Waals surface area contributed by atoms with E-state index in [1.165, 1.54) is 0 Å². The van der Waals surface area contributed by atoms with Crippen molar-refractivity contribution in [3.8, 4) is 0 Å². The number of allylic oxidation sites excluding steroid dienone is 5. The molecule has 0 bridgehead atoms. The Bertz CT molecular complexity index is 175. The largest absolute Gasteiger partial charge is 0.381 e. The minimum Gasteiger partial charge on any atom is -0.381 e. The first-order valence-corrected chi connectivity index (χ1v) is 3.45. The molecule has 0 atom stereocenters. The van der Waals surface area contributed by atoms with Gasteiger partial charge >= 0.3 is 0 Å². The van der Waals surface area contributed by atoms with Gasteiger partial charge in [-0.3, -0.25) is 0 Å². The van der Waals surface area contributed by atoms with Crippen molar-refractivity contribution < 1.29 is 4.74 Å². The van der Waals surface area contributed by atoms with E-state index in [9.17, 15) is 0 Å². The van der Waals surface area contributed by atoms with E-state index >= 15 is 0 Å². The van der Waals surface area contributed by atoms with Crippen molar-refractivity contribution in [3.63, 3.8) is 0 Å². The highest BCUT2D eigenvalue weighted by molar-refractivity contribution is 5.31. The van der Waals surface area contributed by atoms with Gasteiger partial charge in [-0.15, -0.1) is 0 Å². The van der Waals surface area contributed by atoms with E-state index in [1.807, 2.05) is 18.2 Å². The highest BCUT2D eigenvalue weighted by atomic mass is 16.5. The molecule has 0 saturated carbocycles. The van der Waals surface area contributed by atoms with Gasteiger partial charge in [0.05, 0.1) is 6.61 Å². The van der Waals surface area contributed by atoms with E-state index in [4.69, 9.17) is 4.74 Å². The summed E-state index contributed by atoms with van der Waals surface area (Å²) in [6, 6.07) is 0. The van der Waals surface area contributed by atoms with Crippen LogP contribution in [0.25, 0.3) is 0 Å². The number of hydrogen-bond acceptors (Lipinski definition) is 1. The van der Waals surface area contributed by atoms with Crippen LogP contribution in [0.5, 0.6) is 0 Å². The third-order valence-electron chi connectivity index (χ3n) is 1.12. The van der Waals surface area contributed by atoms with Gasteiger partial charge in [0.25, 0.3) is 0 Å². The van der Waals surface area contributed by atoms with E-state index in [0.29, 0.717) is 6.61 Å². The summed E-state index contributed by atoms with van der Waals surface area (Å²) in [4.78, 5) is 0. The molecule has 1 nitrogen and oxygen atoms in total. The fraction of sp³-hybridized carbons (Fsp3) is 0.200. The molecule has 0 aromatic heterocycles. The Morgan fingerprint density at radius 1 is 1.45 bits per heavy atom. The van der Waals surface area contributed by atoms with Crippen molar-refractivity contribution in [2.45, 2.75) is 0 Å². The minimum atomic E-state index is 0.627. The summed E-state index contributed by atoms with van der Waals surface area (Å²) in [5.74, 6) is 0. The molecule has 0 aliphatic heterocycles. The molecule has 0 rings (SSSR count). The average molecular weight is 150 g/mol. The summed E-state index contributed by atoms with van der Waals surface area (Å²) in [6.45, 7) is 7.86. The SMILES string of the molecule is C=C/C=C(C=C)/C=C\COC. The van der Waals surface area contributed by atoms with Gasteiger partial charge in [0.2, 0.25) is 0 Å². The van der Waals surface area contributed by atoms with E-state index in [2.05, 4.69) is 13.2 Å². The van der Waals surface area contributed by atoms with Crippen molar-refractivity contribution >= 4 is 0 Å². The standard InChI is InChI=1S/C10H14O/c1-4-7-10(5-2)8-6-9-11-3/h4-8H,1-2,9H2,3H3/b8-6-,10-7+. The van der Waals surface area contributed by atoms with Gasteiger partial charge in [-0.2, -0.15) is 0 Å². The molecule has 0 saturated heterocycles. The Morgan fingerprint density at radius 3 is 2.64 bits per heavy atom. The van der Waals surface area contributed by atoms with Gasteiger partial charge in [-0.05, 0) is 5.57 Å². The second-order valence-corrected chi connectivity index (χ2v) is 1.96. The predicted octanol–water partition coefficient (Wildman–Crippen LogP) is 2.49. The fourth-order valence-corrected chi connectivity index (χ4v) is 0.608. The van der Waals surface area contributed by atoms with Crippen LogP contribution in [0.15, 0.2) is 49.1 Å². The maximum absolute atomic E-state index is 4.84. The Kier molecular flexibility index (Phi) is 6.34. The third kappa shape index (κ3) is 5.37. The van der Waals surface area contributed by atoms with Gasteiger partial charge in [0, 0.05) is 7.11 Å². The molecule has 0 unspecified atom stereocenters. The lowest BCUT2D eigenvalue weighted by atomic mass is 10.2. The maximum atomic E-state index is 4.84. The molecule has 0 fully saturated rings. The van der Waals surface area contributed by atoms with Crippen molar-refractivity contribution in [1.82, 2.24) is 0 Å². The number of rotatable bonds is 5. The van der Waals surface area contributed by atoms with Gasteiger partial charge in [0.15, 0.2) is 0 Å². The van der Waals surface area contributed by atoms with Crippen LogP contribution < -0.4 is 0 Å². The quantitative estimate of drug-likeness (QED) is 0.547. The van der Waals surface area contributed by atoms with Crippen LogP contribution in [0, 0.1) is 0 Å². The highest BCUT2D eigenvalue weighted by Gasteiger charge is 1.79. The minimum absolute atomic E-state index is 0.627. The molecular formula is C10H14O. The maximum Gasteiger partial charge on any atom is 0.0646 e. The molecule has 0 amide bonds. The first-order valence-electron chi connectivity index (χ1n) is 3.45. The van der Waals surface area contributed by atoms with Crippen molar-refractivity contribution in [3.05, 3.63) is 49.1 Å². The van der Waals surface area contributed by atoms with Crippen LogP contribution in [-0.4, -0.2) is 13.7 Å². The first-order chi connectivity index (χ1) is 5.35. The summed E-state index contributed by atoms with van der Waals surface area (Å²) in [6.07, 6.45) is 9.26. The molecule has 11 heavy (non-hydrogen) atoms.